The van der Waals surface area contributed by atoms with Crippen LogP contribution in [-0.2, 0) is 29.5 Å². The van der Waals surface area contributed by atoms with Gasteiger partial charge in [0.25, 0.3) is 17.4 Å². The Morgan fingerprint density at radius 3 is 2.46 bits per heavy atom. The zero-order chi connectivity index (χ0) is 33.9. The molecular weight excluding hydrogens is 624 g/mol. The maximum atomic E-state index is 13.8. The van der Waals surface area contributed by atoms with Gasteiger partial charge >= 0.3 is 0 Å². The summed E-state index contributed by atoms with van der Waals surface area (Å²) in [7, 11) is 0. The van der Waals surface area contributed by atoms with Crippen molar-refractivity contribution in [2.75, 3.05) is 56.7 Å². The van der Waals surface area contributed by atoms with E-state index in [9.17, 15) is 29.1 Å². The molecule has 1 atom stereocenters. The van der Waals surface area contributed by atoms with Crippen LogP contribution in [-0.4, -0.2) is 100 Å². The summed E-state index contributed by atoms with van der Waals surface area (Å²) < 4.78 is 12.4. The molecule has 4 amide bonds. The molecule has 5 N–H and O–H groups in total. The summed E-state index contributed by atoms with van der Waals surface area (Å²) in [5, 5.41) is 20.9. The Morgan fingerprint density at radius 2 is 1.73 bits per heavy atom. The molecule has 2 spiro atoms. The number of aliphatic hydroxyl groups is 1. The minimum Gasteiger partial charge on any atom is -0.391 e. The first-order chi connectivity index (χ1) is 23.1. The van der Waals surface area contributed by atoms with E-state index in [1.54, 1.807) is 10.6 Å². The highest BCUT2D eigenvalue weighted by molar-refractivity contribution is 5.97. The second kappa shape index (κ2) is 14.0. The Bertz CT molecular complexity index is 1630. The molecule has 16 nitrogen and oxygen atoms in total. The number of nitrogens with zero attached hydrogens (tertiary/aromatic N) is 4. The van der Waals surface area contributed by atoms with Crippen LogP contribution in [0.15, 0.2) is 23.3 Å². The van der Waals surface area contributed by atoms with Gasteiger partial charge in [-0.3, -0.25) is 28.5 Å². The number of likely N-dealkylation sites (tertiary alicyclic amines) is 1. The summed E-state index contributed by atoms with van der Waals surface area (Å²) in [5.41, 5.74) is 0.704. The number of aryl methyl sites for hydroxylation is 1. The molecule has 16 heteroatoms. The maximum Gasteiger partial charge on any atom is 0.276 e. The average Bonchev–Trinajstić information content (AvgIpc) is 3.57. The molecule has 4 heterocycles. The smallest absolute Gasteiger partial charge is 0.276 e. The number of amides is 4. The van der Waals surface area contributed by atoms with E-state index in [0.717, 1.165) is 25.7 Å². The zero-order valence-corrected chi connectivity index (χ0v) is 27.0. The molecule has 2 saturated carbocycles. The lowest BCUT2D eigenvalue weighted by atomic mass is 9.79. The fourth-order valence-corrected chi connectivity index (χ4v) is 6.77. The molecule has 6 rings (SSSR count). The van der Waals surface area contributed by atoms with E-state index in [-0.39, 0.29) is 80.7 Å². The summed E-state index contributed by atoms with van der Waals surface area (Å²) >= 11 is 0. The number of pyridine rings is 1. The molecule has 2 aromatic rings. The molecule has 258 valence electrons. The number of aromatic nitrogens is 3. The SMILES string of the molecule is Cc1cc(Nc2cc(NC(=O)COCCOCCC(=O)NCC(=O)N3CCC(O)C3)ncn2)c(=O)n2c1C(=O)NC21CCC2(CC2)CC1. The molecule has 4 aliphatic rings. The number of fused-ring (bicyclic) bond motifs is 2. The molecule has 48 heavy (non-hydrogen) atoms. The van der Waals surface area contributed by atoms with Crippen molar-refractivity contribution in [1.29, 1.82) is 0 Å². The summed E-state index contributed by atoms with van der Waals surface area (Å²) in [5.74, 6) is -0.749. The second-order valence-corrected chi connectivity index (χ2v) is 13.2. The number of rotatable bonds is 13. The molecule has 2 aromatic heterocycles. The summed E-state index contributed by atoms with van der Waals surface area (Å²) in [6.45, 7) is 2.58. The summed E-state index contributed by atoms with van der Waals surface area (Å²) in [4.78, 5) is 72.9. The third-order valence-electron chi connectivity index (χ3n) is 9.70. The van der Waals surface area contributed by atoms with Gasteiger partial charge < -0.3 is 40.7 Å². The molecule has 0 aromatic carbocycles. The third kappa shape index (κ3) is 7.50. The lowest BCUT2D eigenvalue weighted by Gasteiger charge is -2.39. The van der Waals surface area contributed by atoms with Crippen LogP contribution in [0, 0.1) is 12.3 Å². The zero-order valence-electron chi connectivity index (χ0n) is 27.0. The van der Waals surface area contributed by atoms with Crippen molar-refractivity contribution in [3.63, 3.8) is 0 Å². The summed E-state index contributed by atoms with van der Waals surface area (Å²) in [6, 6.07) is 3.14. The number of aliphatic hydroxyl groups excluding tert-OH is 1. The molecule has 1 saturated heterocycles. The highest BCUT2D eigenvalue weighted by atomic mass is 16.5. The van der Waals surface area contributed by atoms with E-state index in [0.29, 0.717) is 35.5 Å². The lowest BCUT2D eigenvalue weighted by molar-refractivity contribution is -0.132. The molecule has 3 fully saturated rings. The number of hydrogen-bond donors (Lipinski definition) is 5. The van der Waals surface area contributed by atoms with Crippen molar-refractivity contribution in [2.24, 2.45) is 5.41 Å². The van der Waals surface area contributed by atoms with E-state index < -0.39 is 17.7 Å². The third-order valence-corrected chi connectivity index (χ3v) is 9.70. The quantitative estimate of drug-likeness (QED) is 0.186. The second-order valence-electron chi connectivity index (χ2n) is 13.2. The van der Waals surface area contributed by atoms with E-state index >= 15 is 0 Å². The van der Waals surface area contributed by atoms with E-state index in [2.05, 4.69) is 31.2 Å². The van der Waals surface area contributed by atoms with Gasteiger partial charge in [0.05, 0.1) is 32.5 Å². The fraction of sp³-hybridized carbons (Fsp3) is 0.594. The predicted molar refractivity (Wildman–Crippen MR) is 171 cm³/mol. The number of hydrogen-bond acceptors (Lipinski definition) is 11. The number of carbonyl (C=O) groups excluding carboxylic acids is 4. The van der Waals surface area contributed by atoms with Crippen LogP contribution >= 0.6 is 0 Å². The highest BCUT2D eigenvalue weighted by Crippen LogP contribution is 2.59. The van der Waals surface area contributed by atoms with Gasteiger partial charge in [0.15, 0.2) is 0 Å². The van der Waals surface area contributed by atoms with Gasteiger partial charge in [-0.05, 0) is 68.9 Å². The van der Waals surface area contributed by atoms with Crippen molar-refractivity contribution in [3.05, 3.63) is 40.1 Å². The first kappa shape index (κ1) is 33.5. The van der Waals surface area contributed by atoms with Crippen molar-refractivity contribution in [2.45, 2.75) is 70.1 Å². The van der Waals surface area contributed by atoms with Crippen LogP contribution < -0.4 is 26.8 Å². The maximum absolute atomic E-state index is 13.8. The van der Waals surface area contributed by atoms with E-state index in [1.807, 2.05) is 6.92 Å². The van der Waals surface area contributed by atoms with E-state index in [1.165, 1.54) is 30.1 Å². The molecule has 2 aliphatic heterocycles. The van der Waals surface area contributed by atoms with Gasteiger partial charge in [0.1, 0.15) is 41.6 Å². The Kier molecular flexibility index (Phi) is 9.75. The first-order valence-electron chi connectivity index (χ1n) is 16.4. The molecule has 1 unspecified atom stereocenters. The molecule has 0 bridgehead atoms. The van der Waals surface area contributed by atoms with Crippen LogP contribution in [0.1, 0.15) is 67.4 Å². The largest absolute Gasteiger partial charge is 0.391 e. The monoisotopic (exact) mass is 666 g/mol. The Morgan fingerprint density at radius 1 is 1.00 bits per heavy atom. The van der Waals surface area contributed by atoms with Gasteiger partial charge in [-0.15, -0.1) is 0 Å². The van der Waals surface area contributed by atoms with E-state index in [4.69, 9.17) is 9.47 Å². The molecular formula is C32H42N8O8. The van der Waals surface area contributed by atoms with Crippen LogP contribution in [0.25, 0.3) is 0 Å². The minimum atomic E-state index is -0.717. The Hall–Kier alpha value is -4.41. The number of carbonyl (C=O) groups is 4. The van der Waals surface area contributed by atoms with Gasteiger partial charge in [0, 0.05) is 25.6 Å². The Balaban J connectivity index is 0.926. The minimum absolute atomic E-state index is 0.0640. The van der Waals surface area contributed by atoms with Gasteiger partial charge in [-0.25, -0.2) is 9.97 Å². The van der Waals surface area contributed by atoms with Crippen molar-refractivity contribution >= 4 is 41.0 Å². The van der Waals surface area contributed by atoms with Gasteiger partial charge in [-0.1, -0.05) is 0 Å². The number of nitrogens with one attached hydrogen (secondary N) is 4. The normalized spacial score (nSPS) is 20.0. The fourth-order valence-electron chi connectivity index (χ4n) is 6.77. The Labute approximate surface area is 277 Å². The van der Waals surface area contributed by atoms with Gasteiger partial charge in [0.2, 0.25) is 11.8 Å². The molecule has 0 radical (unpaired) electrons. The van der Waals surface area contributed by atoms with Crippen molar-refractivity contribution < 1.29 is 33.8 Å². The number of ether oxygens (including phenoxy) is 2. The summed E-state index contributed by atoms with van der Waals surface area (Å²) in [6.07, 6.45) is 7.20. The van der Waals surface area contributed by atoms with Crippen LogP contribution in [0.2, 0.25) is 0 Å². The average molecular weight is 667 g/mol. The standard InChI is InChI=1S/C32H42N8O8/c1-20-14-22(30(46)40-28(20)29(45)38-32(40)8-6-31(4-5-31)7-9-32)36-23-15-24(35-19-34-23)37-26(43)18-48-13-12-47-11-3-25(42)33-16-27(44)39-10-2-21(41)17-39/h14-15,19,21,41H,2-13,16-18H2,1H3,(H,33,42)(H,38,45)(H2,34,35,36,37,43). The van der Waals surface area contributed by atoms with Crippen molar-refractivity contribution in [3.8, 4) is 0 Å². The number of anilines is 3. The van der Waals surface area contributed by atoms with Crippen molar-refractivity contribution in [1.82, 2.24) is 30.1 Å². The topological polar surface area (TPSA) is 206 Å². The lowest BCUT2D eigenvalue weighted by Crippen LogP contribution is -2.50. The first-order valence-corrected chi connectivity index (χ1v) is 16.4. The van der Waals surface area contributed by atoms with Crippen LogP contribution in [0.4, 0.5) is 17.3 Å². The van der Waals surface area contributed by atoms with Crippen LogP contribution in [0.3, 0.4) is 0 Å². The highest BCUT2D eigenvalue weighted by Gasteiger charge is 2.54. The van der Waals surface area contributed by atoms with Crippen LogP contribution in [0.5, 0.6) is 0 Å². The number of β-amino-alcohol motifs (C(OH)–C–C–N with tert-alkyl or cyclic N) is 1. The predicted octanol–water partition coefficient (Wildman–Crippen LogP) is 0.512. The molecule has 2 aliphatic carbocycles. The van der Waals surface area contributed by atoms with Gasteiger partial charge in [-0.2, -0.15) is 0 Å².